The molecule has 1 aromatic carbocycles. The number of halogens is 1. The van der Waals surface area contributed by atoms with Crippen molar-refractivity contribution in [3.63, 3.8) is 0 Å². The Morgan fingerprint density at radius 2 is 1.95 bits per heavy atom. The van der Waals surface area contributed by atoms with Crippen LogP contribution >= 0.6 is 0 Å². The summed E-state index contributed by atoms with van der Waals surface area (Å²) in [6.45, 7) is 1.92. The molecule has 0 saturated heterocycles. The number of nitrogens with two attached hydrogens (primary N) is 1. The molecule has 4 N–H and O–H groups in total. The second-order valence-electron chi connectivity index (χ2n) is 4.17. The number of nitrogens with one attached hydrogen (secondary N) is 2. The molecule has 1 atom stereocenters. The standard InChI is InChI=1S/C13H16FN5/c1-8(9-4-3-5-10(14)6-9)17-12-7-11(16-2)18-13(15)19-12/h3-8H,1-2H3,(H4,15,16,17,18,19). The summed E-state index contributed by atoms with van der Waals surface area (Å²) in [6, 6.07) is 8.08. The van der Waals surface area contributed by atoms with E-state index < -0.39 is 0 Å². The van der Waals surface area contributed by atoms with Crippen LogP contribution in [0.2, 0.25) is 0 Å². The van der Waals surface area contributed by atoms with E-state index in [9.17, 15) is 4.39 Å². The van der Waals surface area contributed by atoms with Gasteiger partial charge in [0.2, 0.25) is 5.95 Å². The summed E-state index contributed by atoms with van der Waals surface area (Å²) < 4.78 is 13.2. The van der Waals surface area contributed by atoms with Gasteiger partial charge in [-0.25, -0.2) is 4.39 Å². The van der Waals surface area contributed by atoms with Gasteiger partial charge in [0.1, 0.15) is 17.5 Å². The molecule has 5 nitrogen and oxygen atoms in total. The molecule has 0 bridgehead atoms. The van der Waals surface area contributed by atoms with Crippen molar-refractivity contribution in [2.45, 2.75) is 13.0 Å². The number of nitrogen functional groups attached to an aromatic ring is 1. The van der Waals surface area contributed by atoms with Gasteiger partial charge in [0.05, 0.1) is 6.04 Å². The van der Waals surface area contributed by atoms with Crippen molar-refractivity contribution in [1.82, 2.24) is 9.97 Å². The zero-order valence-corrected chi connectivity index (χ0v) is 10.8. The Labute approximate surface area is 111 Å². The monoisotopic (exact) mass is 261 g/mol. The molecular weight excluding hydrogens is 245 g/mol. The highest BCUT2D eigenvalue weighted by molar-refractivity contribution is 5.51. The van der Waals surface area contributed by atoms with Crippen molar-refractivity contribution >= 4 is 17.6 Å². The highest BCUT2D eigenvalue weighted by atomic mass is 19.1. The molecule has 1 unspecified atom stereocenters. The second-order valence-corrected chi connectivity index (χ2v) is 4.17. The molecule has 6 heteroatoms. The lowest BCUT2D eigenvalue weighted by atomic mass is 10.1. The Kier molecular flexibility index (Phi) is 3.79. The highest BCUT2D eigenvalue weighted by Gasteiger charge is 2.08. The van der Waals surface area contributed by atoms with Crippen LogP contribution in [0.25, 0.3) is 0 Å². The van der Waals surface area contributed by atoms with Crippen LogP contribution in [0, 0.1) is 5.82 Å². The van der Waals surface area contributed by atoms with Crippen molar-refractivity contribution in [2.75, 3.05) is 23.4 Å². The topological polar surface area (TPSA) is 75.9 Å². The predicted octanol–water partition coefficient (Wildman–Crippen LogP) is 2.41. The maximum absolute atomic E-state index is 13.2. The lowest BCUT2D eigenvalue weighted by molar-refractivity contribution is 0.623. The summed E-state index contributed by atoms with van der Waals surface area (Å²) in [6.07, 6.45) is 0. The molecule has 0 amide bonds. The molecule has 0 spiro atoms. The lowest BCUT2D eigenvalue weighted by Crippen LogP contribution is -2.10. The van der Waals surface area contributed by atoms with Crippen LogP contribution in [-0.2, 0) is 0 Å². The van der Waals surface area contributed by atoms with Gasteiger partial charge in [-0.15, -0.1) is 0 Å². The van der Waals surface area contributed by atoms with Gasteiger partial charge in [0.15, 0.2) is 0 Å². The van der Waals surface area contributed by atoms with Gasteiger partial charge in [-0.3, -0.25) is 0 Å². The molecular formula is C13H16FN5. The summed E-state index contributed by atoms with van der Waals surface area (Å²) in [5.41, 5.74) is 6.45. The van der Waals surface area contributed by atoms with Crippen LogP contribution in [0.4, 0.5) is 22.0 Å². The number of hydrogen-bond acceptors (Lipinski definition) is 5. The minimum absolute atomic E-state index is 0.0882. The van der Waals surface area contributed by atoms with Crippen molar-refractivity contribution < 1.29 is 4.39 Å². The average molecular weight is 261 g/mol. The second kappa shape index (κ2) is 5.51. The zero-order valence-electron chi connectivity index (χ0n) is 10.8. The zero-order chi connectivity index (χ0) is 13.8. The summed E-state index contributed by atoms with van der Waals surface area (Å²) in [7, 11) is 1.75. The first-order chi connectivity index (χ1) is 9.08. The largest absolute Gasteiger partial charge is 0.373 e. The van der Waals surface area contributed by atoms with Crippen LogP contribution in [0.15, 0.2) is 30.3 Å². The maximum Gasteiger partial charge on any atom is 0.223 e. The first-order valence-corrected chi connectivity index (χ1v) is 5.93. The molecule has 0 aliphatic carbocycles. The first kappa shape index (κ1) is 13.1. The van der Waals surface area contributed by atoms with E-state index in [0.717, 1.165) is 5.56 Å². The normalized spacial score (nSPS) is 11.9. The van der Waals surface area contributed by atoms with Gasteiger partial charge in [0, 0.05) is 13.1 Å². The first-order valence-electron chi connectivity index (χ1n) is 5.93. The molecule has 1 aromatic heterocycles. The van der Waals surface area contributed by atoms with Crippen LogP contribution in [0.5, 0.6) is 0 Å². The fourth-order valence-electron chi connectivity index (χ4n) is 1.75. The number of rotatable bonds is 4. The summed E-state index contributed by atoms with van der Waals surface area (Å²) in [5.74, 6) is 1.14. The van der Waals surface area contributed by atoms with Gasteiger partial charge in [-0.05, 0) is 24.6 Å². The van der Waals surface area contributed by atoms with Crippen LogP contribution < -0.4 is 16.4 Å². The van der Waals surface area contributed by atoms with Crippen LogP contribution in [0.3, 0.4) is 0 Å². The third-order valence-corrected chi connectivity index (χ3v) is 2.71. The van der Waals surface area contributed by atoms with E-state index in [-0.39, 0.29) is 17.8 Å². The van der Waals surface area contributed by atoms with E-state index in [1.807, 2.05) is 13.0 Å². The SMILES string of the molecule is CNc1cc(NC(C)c2cccc(F)c2)nc(N)n1. The Balaban J connectivity index is 2.18. The van der Waals surface area contributed by atoms with Gasteiger partial charge >= 0.3 is 0 Å². The molecule has 0 saturated carbocycles. The van der Waals surface area contributed by atoms with Crippen LogP contribution in [-0.4, -0.2) is 17.0 Å². The molecule has 0 aliphatic rings. The van der Waals surface area contributed by atoms with Gasteiger partial charge in [-0.2, -0.15) is 9.97 Å². The fraction of sp³-hybridized carbons (Fsp3) is 0.231. The number of anilines is 3. The van der Waals surface area contributed by atoms with E-state index in [1.54, 1.807) is 19.2 Å². The molecule has 2 aromatic rings. The third kappa shape index (κ3) is 3.31. The highest BCUT2D eigenvalue weighted by Crippen LogP contribution is 2.20. The molecule has 19 heavy (non-hydrogen) atoms. The number of benzene rings is 1. The molecule has 0 aliphatic heterocycles. The summed E-state index contributed by atoms with van der Waals surface area (Å²) >= 11 is 0. The lowest BCUT2D eigenvalue weighted by Gasteiger charge is -2.15. The third-order valence-electron chi connectivity index (χ3n) is 2.71. The average Bonchev–Trinajstić information content (AvgIpc) is 2.38. The summed E-state index contributed by atoms with van der Waals surface area (Å²) in [5, 5.41) is 6.06. The Morgan fingerprint density at radius 3 is 2.63 bits per heavy atom. The Morgan fingerprint density at radius 1 is 1.21 bits per heavy atom. The minimum Gasteiger partial charge on any atom is -0.373 e. The Hall–Kier alpha value is -2.37. The van der Waals surface area contributed by atoms with E-state index >= 15 is 0 Å². The summed E-state index contributed by atoms with van der Waals surface area (Å²) in [4.78, 5) is 8.09. The fourth-order valence-corrected chi connectivity index (χ4v) is 1.75. The Bertz CT molecular complexity index is 573. The predicted molar refractivity (Wildman–Crippen MR) is 74.4 cm³/mol. The molecule has 100 valence electrons. The van der Waals surface area contributed by atoms with Crippen molar-refractivity contribution in [3.8, 4) is 0 Å². The quantitative estimate of drug-likeness (QED) is 0.788. The molecule has 1 heterocycles. The van der Waals surface area contributed by atoms with Gasteiger partial charge < -0.3 is 16.4 Å². The van der Waals surface area contributed by atoms with Crippen molar-refractivity contribution in [1.29, 1.82) is 0 Å². The molecule has 2 rings (SSSR count). The number of nitrogens with zero attached hydrogens (tertiary/aromatic N) is 2. The number of aromatic nitrogens is 2. The smallest absolute Gasteiger partial charge is 0.223 e. The minimum atomic E-state index is -0.260. The van der Waals surface area contributed by atoms with E-state index in [4.69, 9.17) is 5.73 Å². The van der Waals surface area contributed by atoms with Crippen molar-refractivity contribution in [3.05, 3.63) is 41.7 Å². The molecule has 0 radical (unpaired) electrons. The maximum atomic E-state index is 13.2. The van der Waals surface area contributed by atoms with E-state index in [2.05, 4.69) is 20.6 Å². The number of hydrogen-bond donors (Lipinski definition) is 3. The van der Waals surface area contributed by atoms with Gasteiger partial charge in [0.25, 0.3) is 0 Å². The van der Waals surface area contributed by atoms with Crippen molar-refractivity contribution in [2.24, 2.45) is 0 Å². The van der Waals surface area contributed by atoms with Crippen LogP contribution in [0.1, 0.15) is 18.5 Å². The van der Waals surface area contributed by atoms with E-state index in [1.165, 1.54) is 12.1 Å². The van der Waals surface area contributed by atoms with Gasteiger partial charge in [-0.1, -0.05) is 12.1 Å². The molecule has 0 fully saturated rings. The van der Waals surface area contributed by atoms with E-state index in [0.29, 0.717) is 11.6 Å².